The molecule has 1 amide bonds. The summed E-state index contributed by atoms with van der Waals surface area (Å²) in [6.07, 6.45) is 2.73. The molecule has 0 saturated heterocycles. The molecular weight excluding hydrogens is 352 g/mol. The van der Waals surface area contributed by atoms with Crippen LogP contribution >= 0.6 is 0 Å². The van der Waals surface area contributed by atoms with Crippen LogP contribution in [0, 0.1) is 0 Å². The number of rotatable bonds is 9. The highest BCUT2D eigenvalue weighted by atomic mass is 32.2. The van der Waals surface area contributed by atoms with Gasteiger partial charge in [-0.3, -0.25) is 9.10 Å². The van der Waals surface area contributed by atoms with E-state index in [2.05, 4.69) is 5.32 Å². The number of benzene rings is 2. The lowest BCUT2D eigenvalue weighted by Crippen LogP contribution is -2.40. The molecule has 0 aliphatic heterocycles. The molecule has 0 aliphatic rings. The molecule has 1 N–H and O–H groups in total. The van der Waals surface area contributed by atoms with Gasteiger partial charge in [-0.05, 0) is 42.7 Å². The van der Waals surface area contributed by atoms with Gasteiger partial charge in [0.05, 0.1) is 19.1 Å². The normalized spacial score (nSPS) is 11.0. The molecule has 0 bridgehead atoms. The minimum absolute atomic E-state index is 0.253. The number of hydrogen-bond donors (Lipinski definition) is 1. The topological polar surface area (TPSA) is 75.7 Å². The molecule has 0 radical (unpaired) electrons. The number of amides is 1. The van der Waals surface area contributed by atoms with Crippen molar-refractivity contribution in [1.82, 2.24) is 5.32 Å². The quantitative estimate of drug-likeness (QED) is 0.681. The van der Waals surface area contributed by atoms with Crippen molar-refractivity contribution in [1.29, 1.82) is 0 Å². The predicted molar refractivity (Wildman–Crippen MR) is 103 cm³/mol. The van der Waals surface area contributed by atoms with Crippen LogP contribution in [-0.2, 0) is 21.2 Å². The van der Waals surface area contributed by atoms with Crippen molar-refractivity contribution in [2.45, 2.75) is 12.8 Å². The van der Waals surface area contributed by atoms with E-state index in [-0.39, 0.29) is 12.5 Å². The first-order valence-corrected chi connectivity index (χ1v) is 10.2. The van der Waals surface area contributed by atoms with Crippen LogP contribution in [0.15, 0.2) is 54.6 Å². The number of carbonyl (C=O) groups excluding carboxylic acids is 1. The third-order valence-electron chi connectivity index (χ3n) is 3.86. The summed E-state index contributed by atoms with van der Waals surface area (Å²) in [5.74, 6) is 0.284. The van der Waals surface area contributed by atoms with Gasteiger partial charge in [-0.25, -0.2) is 8.42 Å². The van der Waals surface area contributed by atoms with Crippen LogP contribution in [0.25, 0.3) is 0 Å². The third kappa shape index (κ3) is 6.07. The second-order valence-corrected chi connectivity index (χ2v) is 7.81. The van der Waals surface area contributed by atoms with E-state index in [1.807, 2.05) is 30.3 Å². The Morgan fingerprint density at radius 3 is 2.31 bits per heavy atom. The number of ether oxygens (including phenoxy) is 1. The van der Waals surface area contributed by atoms with Gasteiger partial charge in [-0.1, -0.05) is 30.3 Å². The zero-order valence-corrected chi connectivity index (χ0v) is 15.8. The summed E-state index contributed by atoms with van der Waals surface area (Å²) in [6.45, 7) is 0.241. The third-order valence-corrected chi connectivity index (χ3v) is 5.00. The van der Waals surface area contributed by atoms with E-state index in [4.69, 9.17) is 4.74 Å². The molecule has 0 aromatic heterocycles. The van der Waals surface area contributed by atoms with Crippen molar-refractivity contribution < 1.29 is 17.9 Å². The fourth-order valence-corrected chi connectivity index (χ4v) is 3.36. The van der Waals surface area contributed by atoms with Gasteiger partial charge in [0.25, 0.3) is 0 Å². The number of nitrogens with one attached hydrogen (secondary N) is 1. The Morgan fingerprint density at radius 2 is 1.73 bits per heavy atom. The first-order chi connectivity index (χ1) is 12.4. The zero-order chi connectivity index (χ0) is 19.0. The highest BCUT2D eigenvalue weighted by Gasteiger charge is 2.20. The van der Waals surface area contributed by atoms with E-state index < -0.39 is 10.0 Å². The first-order valence-electron chi connectivity index (χ1n) is 8.32. The van der Waals surface area contributed by atoms with Crippen LogP contribution in [0.4, 0.5) is 5.69 Å². The van der Waals surface area contributed by atoms with E-state index in [0.717, 1.165) is 23.4 Å². The molecule has 7 heteroatoms. The second-order valence-electron chi connectivity index (χ2n) is 5.91. The van der Waals surface area contributed by atoms with Gasteiger partial charge in [-0.15, -0.1) is 0 Å². The van der Waals surface area contributed by atoms with Crippen LogP contribution in [0.1, 0.15) is 12.0 Å². The maximum absolute atomic E-state index is 12.2. The maximum atomic E-state index is 12.2. The number of sulfonamides is 1. The lowest BCUT2D eigenvalue weighted by molar-refractivity contribution is -0.119. The van der Waals surface area contributed by atoms with Crippen LogP contribution in [0.3, 0.4) is 0 Å². The van der Waals surface area contributed by atoms with Crippen molar-refractivity contribution >= 4 is 21.6 Å². The molecule has 0 fully saturated rings. The minimum Gasteiger partial charge on any atom is -0.497 e. The SMILES string of the molecule is COc1ccc(N(CC(=O)NCCCc2ccccc2)S(C)(=O)=O)cc1. The predicted octanol–water partition coefficient (Wildman–Crippen LogP) is 2.21. The maximum Gasteiger partial charge on any atom is 0.240 e. The van der Waals surface area contributed by atoms with Gasteiger partial charge in [0.1, 0.15) is 12.3 Å². The number of nitrogens with zero attached hydrogens (tertiary/aromatic N) is 1. The second kappa shape index (κ2) is 9.24. The number of hydrogen-bond acceptors (Lipinski definition) is 4. The molecule has 2 aromatic rings. The summed E-state index contributed by atoms with van der Waals surface area (Å²) >= 11 is 0. The highest BCUT2D eigenvalue weighted by molar-refractivity contribution is 7.92. The van der Waals surface area contributed by atoms with E-state index in [1.165, 1.54) is 12.7 Å². The number of carbonyl (C=O) groups is 1. The Hall–Kier alpha value is -2.54. The van der Waals surface area contributed by atoms with E-state index in [9.17, 15) is 13.2 Å². The number of anilines is 1. The standard InChI is InChI=1S/C19H24N2O4S/c1-25-18-12-10-17(11-13-18)21(26(2,23)24)15-19(22)20-14-6-9-16-7-4-3-5-8-16/h3-5,7-8,10-13H,6,9,14-15H2,1-2H3,(H,20,22). The number of aryl methyl sites for hydroxylation is 1. The Labute approximate surface area is 154 Å². The summed E-state index contributed by atoms with van der Waals surface area (Å²) in [5.41, 5.74) is 1.63. The summed E-state index contributed by atoms with van der Waals surface area (Å²) < 4.78 is 30.3. The average Bonchev–Trinajstić information content (AvgIpc) is 2.63. The zero-order valence-electron chi connectivity index (χ0n) is 15.0. The van der Waals surface area contributed by atoms with Crippen molar-refractivity contribution in [2.24, 2.45) is 0 Å². The monoisotopic (exact) mass is 376 g/mol. The van der Waals surface area contributed by atoms with Gasteiger partial charge in [-0.2, -0.15) is 0 Å². The largest absolute Gasteiger partial charge is 0.497 e. The van der Waals surface area contributed by atoms with Crippen molar-refractivity contribution in [3.8, 4) is 5.75 Å². The van der Waals surface area contributed by atoms with E-state index in [0.29, 0.717) is 18.0 Å². The summed E-state index contributed by atoms with van der Waals surface area (Å²) in [5, 5.41) is 2.78. The first kappa shape index (κ1) is 19.8. The van der Waals surface area contributed by atoms with Crippen LogP contribution in [0.2, 0.25) is 0 Å². The Kier molecular flexibility index (Phi) is 7.03. The lowest BCUT2D eigenvalue weighted by atomic mass is 10.1. The summed E-state index contributed by atoms with van der Waals surface area (Å²) in [6, 6.07) is 16.5. The van der Waals surface area contributed by atoms with Crippen LogP contribution in [-0.4, -0.2) is 40.8 Å². The molecule has 0 saturated carbocycles. The molecular formula is C19H24N2O4S. The smallest absolute Gasteiger partial charge is 0.240 e. The van der Waals surface area contributed by atoms with Crippen LogP contribution in [0.5, 0.6) is 5.75 Å². The van der Waals surface area contributed by atoms with E-state index >= 15 is 0 Å². The Bertz CT molecular complexity index is 805. The molecule has 0 atom stereocenters. The molecule has 140 valence electrons. The fraction of sp³-hybridized carbons (Fsp3) is 0.316. The molecule has 2 rings (SSSR count). The Morgan fingerprint density at radius 1 is 1.08 bits per heavy atom. The van der Waals surface area contributed by atoms with Gasteiger partial charge in [0.2, 0.25) is 15.9 Å². The molecule has 0 aliphatic carbocycles. The van der Waals surface area contributed by atoms with Gasteiger partial charge >= 0.3 is 0 Å². The van der Waals surface area contributed by atoms with Crippen molar-refractivity contribution in [3.63, 3.8) is 0 Å². The van der Waals surface area contributed by atoms with Crippen molar-refractivity contribution in [2.75, 3.05) is 30.8 Å². The van der Waals surface area contributed by atoms with Gasteiger partial charge in [0, 0.05) is 6.54 Å². The molecule has 26 heavy (non-hydrogen) atoms. The highest BCUT2D eigenvalue weighted by Crippen LogP contribution is 2.21. The van der Waals surface area contributed by atoms with Gasteiger partial charge < -0.3 is 10.1 Å². The summed E-state index contributed by atoms with van der Waals surface area (Å²) in [7, 11) is -2.04. The molecule has 0 unspecified atom stereocenters. The van der Waals surface area contributed by atoms with Gasteiger partial charge in [0.15, 0.2) is 0 Å². The number of methoxy groups -OCH3 is 1. The van der Waals surface area contributed by atoms with Crippen LogP contribution < -0.4 is 14.4 Å². The minimum atomic E-state index is -3.57. The lowest BCUT2D eigenvalue weighted by Gasteiger charge is -2.22. The molecule has 2 aromatic carbocycles. The Balaban J connectivity index is 1.90. The molecule has 6 nitrogen and oxygen atoms in total. The molecule has 0 heterocycles. The average molecular weight is 376 g/mol. The fourth-order valence-electron chi connectivity index (χ4n) is 2.50. The summed E-state index contributed by atoms with van der Waals surface area (Å²) in [4.78, 5) is 12.2. The van der Waals surface area contributed by atoms with Crippen molar-refractivity contribution in [3.05, 3.63) is 60.2 Å². The van der Waals surface area contributed by atoms with E-state index in [1.54, 1.807) is 24.3 Å². The molecule has 0 spiro atoms.